The summed E-state index contributed by atoms with van der Waals surface area (Å²) in [6, 6.07) is 0.446. The second kappa shape index (κ2) is 6.26. The van der Waals surface area contributed by atoms with Crippen molar-refractivity contribution in [1.82, 2.24) is 5.32 Å². The maximum atomic E-state index is 5.56. The zero-order valence-corrected chi connectivity index (χ0v) is 10.2. The lowest BCUT2D eigenvalue weighted by Gasteiger charge is -2.43. The number of rotatable bonds is 6. The molecule has 0 heterocycles. The summed E-state index contributed by atoms with van der Waals surface area (Å²) in [5, 5.41) is 3.46. The molecule has 0 aromatic rings. The first-order valence-electron chi connectivity index (χ1n) is 5.70. The second-order valence-electron chi connectivity index (χ2n) is 4.23. The van der Waals surface area contributed by atoms with Crippen LogP contribution in [-0.2, 0) is 9.47 Å². The summed E-state index contributed by atoms with van der Waals surface area (Å²) in [5.41, 5.74) is 1.34. The second-order valence-corrected chi connectivity index (χ2v) is 4.23. The number of methoxy groups -OCH3 is 1. The number of hydrogen-bond acceptors (Lipinski definition) is 3. The van der Waals surface area contributed by atoms with Gasteiger partial charge in [-0.3, -0.25) is 0 Å². The molecule has 0 aliphatic heterocycles. The Kier molecular flexibility index (Phi) is 5.29. The predicted octanol–water partition coefficient (Wildman–Crippen LogP) is 1.73. The van der Waals surface area contributed by atoms with E-state index in [9.17, 15) is 0 Å². The molecular weight excluding hydrogens is 190 g/mol. The summed E-state index contributed by atoms with van der Waals surface area (Å²) in [6.07, 6.45) is 3.75. The normalized spacial score (nSPS) is 29.7. The van der Waals surface area contributed by atoms with Crippen LogP contribution in [0.5, 0.6) is 0 Å². The van der Waals surface area contributed by atoms with Crippen LogP contribution >= 0.6 is 0 Å². The van der Waals surface area contributed by atoms with Crippen molar-refractivity contribution in [2.45, 2.75) is 45.4 Å². The van der Waals surface area contributed by atoms with Gasteiger partial charge in [0.25, 0.3) is 0 Å². The number of nitrogens with one attached hydrogen (secondary N) is 1. The Morgan fingerprint density at radius 3 is 2.73 bits per heavy atom. The van der Waals surface area contributed by atoms with Gasteiger partial charge in [-0.25, -0.2) is 0 Å². The van der Waals surface area contributed by atoms with E-state index in [0.717, 1.165) is 19.6 Å². The average Bonchev–Trinajstić information content (AvgIpc) is 2.15. The van der Waals surface area contributed by atoms with E-state index in [0.29, 0.717) is 6.04 Å². The Morgan fingerprint density at radius 2 is 2.20 bits per heavy atom. The van der Waals surface area contributed by atoms with Crippen LogP contribution in [0.4, 0.5) is 0 Å². The molecule has 1 N–H and O–H groups in total. The minimum Gasteiger partial charge on any atom is -0.377 e. The fourth-order valence-electron chi connectivity index (χ4n) is 1.89. The van der Waals surface area contributed by atoms with Crippen LogP contribution in [0.2, 0.25) is 0 Å². The Bertz CT molecular complexity index is 212. The molecule has 3 unspecified atom stereocenters. The summed E-state index contributed by atoms with van der Waals surface area (Å²) >= 11 is 0. The minimum absolute atomic E-state index is 0.218. The molecule has 0 amide bonds. The van der Waals surface area contributed by atoms with Gasteiger partial charge in [-0.2, -0.15) is 0 Å². The van der Waals surface area contributed by atoms with Gasteiger partial charge in [0.05, 0.1) is 12.2 Å². The summed E-state index contributed by atoms with van der Waals surface area (Å²) in [4.78, 5) is 0. The van der Waals surface area contributed by atoms with Gasteiger partial charge >= 0.3 is 0 Å². The minimum atomic E-state index is 0.218. The highest BCUT2D eigenvalue weighted by molar-refractivity contribution is 5.00. The first kappa shape index (κ1) is 12.7. The molecule has 1 saturated carbocycles. The molecule has 1 aliphatic rings. The molecule has 0 aromatic carbocycles. The Morgan fingerprint density at radius 1 is 1.47 bits per heavy atom. The van der Waals surface area contributed by atoms with Gasteiger partial charge in [-0.15, -0.1) is 0 Å². The van der Waals surface area contributed by atoms with E-state index in [-0.39, 0.29) is 12.2 Å². The van der Waals surface area contributed by atoms with E-state index >= 15 is 0 Å². The molecular formula is C12H23NO2. The summed E-state index contributed by atoms with van der Waals surface area (Å²) < 4.78 is 11.0. The molecule has 0 saturated heterocycles. The molecule has 15 heavy (non-hydrogen) atoms. The molecule has 0 bridgehead atoms. The van der Waals surface area contributed by atoms with Crippen LogP contribution in [0.3, 0.4) is 0 Å². The van der Waals surface area contributed by atoms with Crippen molar-refractivity contribution in [3.05, 3.63) is 11.6 Å². The lowest BCUT2D eigenvalue weighted by atomic mass is 9.85. The van der Waals surface area contributed by atoms with E-state index < -0.39 is 0 Å². The standard InChI is InChI=1S/C12H23NO2/c1-5-15-11-8-10(12(11)14-4)13-7-6-9(2)3/h6,10-13H,5,7-8H2,1-4H3. The van der Waals surface area contributed by atoms with Crippen molar-refractivity contribution >= 4 is 0 Å². The Balaban J connectivity index is 2.24. The van der Waals surface area contributed by atoms with Crippen molar-refractivity contribution in [2.75, 3.05) is 20.3 Å². The van der Waals surface area contributed by atoms with Crippen LogP contribution in [0, 0.1) is 0 Å². The van der Waals surface area contributed by atoms with Gasteiger partial charge in [0.2, 0.25) is 0 Å². The van der Waals surface area contributed by atoms with Crippen LogP contribution < -0.4 is 5.32 Å². The molecule has 0 radical (unpaired) electrons. The number of allylic oxidation sites excluding steroid dienone is 1. The summed E-state index contributed by atoms with van der Waals surface area (Å²) in [5.74, 6) is 0. The SMILES string of the molecule is CCOC1CC(NCC=C(C)C)C1OC. The van der Waals surface area contributed by atoms with Crippen molar-refractivity contribution in [2.24, 2.45) is 0 Å². The molecule has 3 nitrogen and oxygen atoms in total. The lowest BCUT2D eigenvalue weighted by molar-refractivity contribution is -0.130. The van der Waals surface area contributed by atoms with E-state index in [4.69, 9.17) is 9.47 Å². The maximum Gasteiger partial charge on any atom is 0.0986 e. The first-order chi connectivity index (χ1) is 7.19. The molecule has 1 rings (SSSR count). The topological polar surface area (TPSA) is 30.5 Å². The van der Waals surface area contributed by atoms with E-state index in [1.807, 2.05) is 6.92 Å². The quantitative estimate of drug-likeness (QED) is 0.682. The van der Waals surface area contributed by atoms with E-state index in [2.05, 4.69) is 25.2 Å². The lowest BCUT2D eigenvalue weighted by Crippen LogP contribution is -2.59. The van der Waals surface area contributed by atoms with Gasteiger partial charge in [-0.1, -0.05) is 11.6 Å². The monoisotopic (exact) mass is 213 g/mol. The molecule has 0 aromatic heterocycles. The van der Waals surface area contributed by atoms with E-state index in [1.165, 1.54) is 5.57 Å². The average molecular weight is 213 g/mol. The fraction of sp³-hybridized carbons (Fsp3) is 0.833. The van der Waals surface area contributed by atoms with Crippen LogP contribution in [0.1, 0.15) is 27.2 Å². The van der Waals surface area contributed by atoms with Gasteiger partial charge in [0, 0.05) is 26.3 Å². The number of hydrogen-bond donors (Lipinski definition) is 1. The van der Waals surface area contributed by atoms with Gasteiger partial charge in [-0.05, 0) is 27.2 Å². The van der Waals surface area contributed by atoms with Gasteiger partial charge in [0.15, 0.2) is 0 Å². The Hall–Kier alpha value is -0.380. The summed E-state index contributed by atoms with van der Waals surface area (Å²) in [7, 11) is 1.76. The highest BCUT2D eigenvalue weighted by Crippen LogP contribution is 2.26. The number of ether oxygens (including phenoxy) is 2. The third-order valence-electron chi connectivity index (χ3n) is 2.79. The van der Waals surface area contributed by atoms with E-state index in [1.54, 1.807) is 7.11 Å². The fourth-order valence-corrected chi connectivity index (χ4v) is 1.89. The Labute approximate surface area is 92.8 Å². The summed E-state index contributed by atoms with van der Waals surface area (Å²) in [6.45, 7) is 7.94. The third kappa shape index (κ3) is 3.59. The molecule has 0 spiro atoms. The molecule has 1 fully saturated rings. The highest BCUT2D eigenvalue weighted by atomic mass is 16.5. The highest BCUT2D eigenvalue weighted by Gasteiger charge is 2.41. The zero-order chi connectivity index (χ0) is 11.3. The third-order valence-corrected chi connectivity index (χ3v) is 2.79. The van der Waals surface area contributed by atoms with Crippen molar-refractivity contribution in [1.29, 1.82) is 0 Å². The molecule has 1 aliphatic carbocycles. The van der Waals surface area contributed by atoms with Crippen molar-refractivity contribution in [3.63, 3.8) is 0 Å². The molecule has 3 heteroatoms. The predicted molar refractivity (Wildman–Crippen MR) is 62.0 cm³/mol. The van der Waals surface area contributed by atoms with Gasteiger partial charge in [0.1, 0.15) is 0 Å². The van der Waals surface area contributed by atoms with Gasteiger partial charge < -0.3 is 14.8 Å². The van der Waals surface area contributed by atoms with Crippen LogP contribution in [-0.4, -0.2) is 38.5 Å². The smallest absolute Gasteiger partial charge is 0.0986 e. The van der Waals surface area contributed by atoms with Crippen molar-refractivity contribution < 1.29 is 9.47 Å². The largest absolute Gasteiger partial charge is 0.377 e. The first-order valence-corrected chi connectivity index (χ1v) is 5.70. The molecule has 3 atom stereocenters. The maximum absolute atomic E-state index is 5.56. The van der Waals surface area contributed by atoms with Crippen molar-refractivity contribution in [3.8, 4) is 0 Å². The molecule has 88 valence electrons. The van der Waals surface area contributed by atoms with Crippen LogP contribution in [0.15, 0.2) is 11.6 Å². The zero-order valence-electron chi connectivity index (χ0n) is 10.2. The van der Waals surface area contributed by atoms with Crippen LogP contribution in [0.25, 0.3) is 0 Å².